The van der Waals surface area contributed by atoms with Crippen molar-refractivity contribution in [3.05, 3.63) is 48.6 Å². The highest BCUT2D eigenvalue weighted by Crippen LogP contribution is 2.43. The number of hydrogen-bond donors (Lipinski definition) is 5. The van der Waals surface area contributed by atoms with Crippen LogP contribution in [0.4, 0.5) is 0 Å². The van der Waals surface area contributed by atoms with Crippen LogP contribution in [0, 0.1) is 5.92 Å². The van der Waals surface area contributed by atoms with Gasteiger partial charge in [0.1, 0.15) is 12.7 Å². The summed E-state index contributed by atoms with van der Waals surface area (Å²) >= 11 is 0. The molecule has 0 aromatic rings. The number of carbonyl (C=O) groups excluding carboxylic acids is 2. The van der Waals surface area contributed by atoms with Crippen LogP contribution in [0.25, 0.3) is 0 Å². The molecule has 63 heavy (non-hydrogen) atoms. The van der Waals surface area contributed by atoms with Crippen molar-refractivity contribution in [2.75, 3.05) is 26.4 Å². The van der Waals surface area contributed by atoms with E-state index in [9.17, 15) is 33.8 Å². The van der Waals surface area contributed by atoms with E-state index in [0.717, 1.165) is 63.7 Å². The molecule has 0 saturated carbocycles. The standard InChI is InChI=1S/C47H86O14P2/c1-4-5-28-34-43(48)35-30-25-21-17-13-11-15-19-23-27-32-37-47(51)61-45(41-60-63(55,56)59-39-44(49)38-58-62(52,53)54)40-57-46(50)36-31-26-22-18-14-10-8-6-7-9-12-16-20-24-29-33-42(2)3/h11,13,19,21,23,25,30,35,42-45,48-49H,4-10,12,14-18,20,22,24,26-29,31-34,36-41H2,1-3H3,(H,55,56)(H2,52,53,54)/b13-11-,23-19-,25-21-,35-30+/t43-,44-,45+/m0/s1. The summed E-state index contributed by atoms with van der Waals surface area (Å²) in [5.74, 6) is -0.306. The van der Waals surface area contributed by atoms with Gasteiger partial charge < -0.3 is 34.4 Å². The van der Waals surface area contributed by atoms with Gasteiger partial charge in [-0.15, -0.1) is 0 Å². The molecular formula is C47H86O14P2. The van der Waals surface area contributed by atoms with Gasteiger partial charge in [-0.1, -0.05) is 185 Å². The Labute approximate surface area is 380 Å². The largest absolute Gasteiger partial charge is 0.472 e. The van der Waals surface area contributed by atoms with Gasteiger partial charge >= 0.3 is 27.6 Å². The molecule has 0 amide bonds. The Hall–Kier alpha value is -1.96. The fourth-order valence-electron chi connectivity index (χ4n) is 6.34. The molecule has 16 heteroatoms. The van der Waals surface area contributed by atoms with Crippen molar-refractivity contribution in [3.63, 3.8) is 0 Å². The lowest BCUT2D eigenvalue weighted by molar-refractivity contribution is -0.161. The van der Waals surface area contributed by atoms with Crippen LogP contribution in [0.3, 0.4) is 0 Å². The Bertz CT molecular complexity index is 1330. The molecular weight excluding hydrogens is 850 g/mol. The molecule has 1 unspecified atom stereocenters. The van der Waals surface area contributed by atoms with E-state index in [2.05, 4.69) is 29.8 Å². The second-order valence-corrected chi connectivity index (χ2v) is 19.4. The van der Waals surface area contributed by atoms with Crippen molar-refractivity contribution >= 4 is 27.6 Å². The Morgan fingerprint density at radius 3 is 1.65 bits per heavy atom. The van der Waals surface area contributed by atoms with Gasteiger partial charge in [0.15, 0.2) is 6.10 Å². The Morgan fingerprint density at radius 2 is 1.06 bits per heavy atom. The molecule has 0 aliphatic heterocycles. The number of esters is 2. The van der Waals surface area contributed by atoms with Crippen LogP contribution in [0.1, 0.15) is 188 Å². The average molecular weight is 937 g/mol. The predicted molar refractivity (Wildman–Crippen MR) is 250 cm³/mol. The van der Waals surface area contributed by atoms with Crippen molar-refractivity contribution in [1.82, 2.24) is 0 Å². The molecule has 368 valence electrons. The van der Waals surface area contributed by atoms with E-state index in [-0.39, 0.29) is 12.8 Å². The van der Waals surface area contributed by atoms with Crippen LogP contribution >= 0.6 is 15.6 Å². The van der Waals surface area contributed by atoms with Gasteiger partial charge in [-0.25, -0.2) is 9.13 Å². The SMILES string of the molecule is CCCCC[C@H](O)/C=C/C=C\C/C=C\C/C=C\CCCC(=O)O[C@H](COC(=O)CCCCCCCCCCCCCCCCCC(C)C)COP(=O)(O)OC[C@@H](O)COP(=O)(O)O. The highest BCUT2D eigenvalue weighted by molar-refractivity contribution is 7.47. The summed E-state index contributed by atoms with van der Waals surface area (Å²) in [6.07, 6.45) is 38.6. The molecule has 0 rings (SSSR count). The topological polar surface area (TPSA) is 216 Å². The van der Waals surface area contributed by atoms with Crippen molar-refractivity contribution < 1.29 is 66.7 Å². The molecule has 14 nitrogen and oxygen atoms in total. The minimum atomic E-state index is -4.88. The van der Waals surface area contributed by atoms with Gasteiger partial charge in [0.05, 0.1) is 25.9 Å². The number of aliphatic hydroxyl groups is 2. The second-order valence-electron chi connectivity index (χ2n) is 16.7. The molecule has 5 N–H and O–H groups in total. The van der Waals surface area contributed by atoms with Gasteiger partial charge in [0, 0.05) is 12.8 Å². The number of ether oxygens (including phenoxy) is 2. The Balaban J connectivity index is 4.57. The van der Waals surface area contributed by atoms with Crippen LogP contribution in [-0.4, -0.2) is 81.6 Å². The number of rotatable bonds is 44. The second kappa shape index (κ2) is 41.5. The monoisotopic (exact) mass is 937 g/mol. The first-order valence-corrected chi connectivity index (χ1v) is 26.8. The molecule has 0 spiro atoms. The number of unbranched alkanes of at least 4 members (excludes halogenated alkanes) is 17. The fourth-order valence-corrected chi connectivity index (χ4v) is 7.50. The maximum Gasteiger partial charge on any atom is 0.472 e. The summed E-state index contributed by atoms with van der Waals surface area (Å²) in [5, 5.41) is 19.7. The third-order valence-electron chi connectivity index (χ3n) is 9.99. The zero-order valence-electron chi connectivity index (χ0n) is 38.9. The van der Waals surface area contributed by atoms with E-state index in [1.165, 1.54) is 77.0 Å². The van der Waals surface area contributed by atoms with E-state index in [1.807, 2.05) is 42.5 Å². The highest BCUT2D eigenvalue weighted by atomic mass is 31.2. The van der Waals surface area contributed by atoms with Gasteiger partial charge in [0.2, 0.25) is 0 Å². The van der Waals surface area contributed by atoms with E-state index in [0.29, 0.717) is 19.3 Å². The molecule has 0 bridgehead atoms. The lowest BCUT2D eigenvalue weighted by Gasteiger charge is -2.20. The maximum atomic E-state index is 12.7. The number of aliphatic hydroxyl groups excluding tert-OH is 2. The van der Waals surface area contributed by atoms with Crippen molar-refractivity contribution in [3.8, 4) is 0 Å². The molecule has 0 aliphatic carbocycles. The molecule has 0 aromatic heterocycles. The molecule has 0 saturated heterocycles. The zero-order valence-corrected chi connectivity index (χ0v) is 40.7. The average Bonchev–Trinajstić information content (AvgIpc) is 3.22. The maximum absolute atomic E-state index is 12.7. The molecule has 0 aliphatic rings. The minimum Gasteiger partial charge on any atom is -0.462 e. The lowest BCUT2D eigenvalue weighted by atomic mass is 10.0. The van der Waals surface area contributed by atoms with E-state index < -0.39 is 72.3 Å². The van der Waals surface area contributed by atoms with E-state index in [4.69, 9.17) is 23.8 Å². The van der Waals surface area contributed by atoms with Gasteiger partial charge in [-0.05, 0) is 44.4 Å². The molecule has 0 aromatic carbocycles. The van der Waals surface area contributed by atoms with Gasteiger partial charge in [-0.3, -0.25) is 23.2 Å². The predicted octanol–water partition coefficient (Wildman–Crippen LogP) is 11.4. The summed E-state index contributed by atoms with van der Waals surface area (Å²) in [7, 11) is -9.71. The number of hydrogen-bond acceptors (Lipinski definition) is 11. The lowest BCUT2D eigenvalue weighted by Crippen LogP contribution is -2.29. The van der Waals surface area contributed by atoms with Crippen molar-refractivity contribution in [2.24, 2.45) is 5.92 Å². The van der Waals surface area contributed by atoms with Crippen LogP contribution in [0.15, 0.2) is 48.6 Å². The third-order valence-corrected chi connectivity index (χ3v) is 11.4. The number of allylic oxidation sites excluding steroid dienone is 7. The minimum absolute atomic E-state index is 0.0358. The first-order valence-electron chi connectivity index (χ1n) is 23.8. The Morgan fingerprint density at radius 1 is 0.556 bits per heavy atom. The third kappa shape index (κ3) is 46.4. The van der Waals surface area contributed by atoms with Crippen molar-refractivity contribution in [1.29, 1.82) is 0 Å². The van der Waals surface area contributed by atoms with E-state index in [1.54, 1.807) is 6.08 Å². The fraction of sp³-hybridized carbons (Fsp3) is 0.787. The summed E-state index contributed by atoms with van der Waals surface area (Å²) in [4.78, 5) is 52.8. The summed E-state index contributed by atoms with van der Waals surface area (Å²) in [6, 6.07) is 0. The molecule has 0 heterocycles. The van der Waals surface area contributed by atoms with Crippen LogP contribution in [-0.2, 0) is 41.8 Å². The number of phosphoric ester groups is 2. The van der Waals surface area contributed by atoms with Gasteiger partial charge in [0.25, 0.3) is 0 Å². The zero-order chi connectivity index (χ0) is 46.9. The highest BCUT2D eigenvalue weighted by Gasteiger charge is 2.28. The number of carbonyl (C=O) groups is 2. The summed E-state index contributed by atoms with van der Waals surface area (Å²) in [6.45, 7) is 3.91. The van der Waals surface area contributed by atoms with Crippen molar-refractivity contribution in [2.45, 2.75) is 206 Å². The first-order chi connectivity index (χ1) is 30.1. The van der Waals surface area contributed by atoms with Crippen LogP contribution in [0.2, 0.25) is 0 Å². The van der Waals surface area contributed by atoms with Gasteiger partial charge in [-0.2, -0.15) is 0 Å². The smallest absolute Gasteiger partial charge is 0.462 e. The van der Waals surface area contributed by atoms with Crippen LogP contribution in [0.5, 0.6) is 0 Å². The molecule has 0 fully saturated rings. The quantitative estimate of drug-likeness (QED) is 0.0126. The molecule has 0 radical (unpaired) electrons. The van der Waals surface area contributed by atoms with E-state index >= 15 is 0 Å². The first kappa shape index (κ1) is 61.0. The summed E-state index contributed by atoms with van der Waals surface area (Å²) < 4.78 is 47.8. The summed E-state index contributed by atoms with van der Waals surface area (Å²) in [5.41, 5.74) is 0. The molecule has 4 atom stereocenters. The van der Waals surface area contributed by atoms with Crippen LogP contribution < -0.4 is 0 Å². The number of phosphoric acid groups is 2. The Kier molecular flexibility index (Phi) is 40.2. The normalized spacial score (nSPS) is 14.9.